The molecular formula is C13H23N5O. The van der Waals surface area contributed by atoms with Crippen LogP contribution in [0.15, 0.2) is 12.4 Å². The lowest BCUT2D eigenvalue weighted by Gasteiger charge is -2.29. The molecule has 1 aromatic heterocycles. The van der Waals surface area contributed by atoms with Crippen molar-refractivity contribution < 1.29 is 4.74 Å². The van der Waals surface area contributed by atoms with Gasteiger partial charge < -0.3 is 14.5 Å². The average Bonchev–Trinajstić information content (AvgIpc) is 2.46. The first-order chi connectivity index (χ1) is 9.18. The molecule has 0 spiro atoms. The number of likely N-dealkylation sites (N-methyl/N-ethyl adjacent to an activating group) is 1. The molecule has 0 atom stereocenters. The fourth-order valence-corrected chi connectivity index (χ4v) is 2.13. The number of anilines is 2. The van der Waals surface area contributed by atoms with E-state index in [1.54, 1.807) is 12.4 Å². The van der Waals surface area contributed by atoms with Gasteiger partial charge in [0.05, 0.1) is 13.2 Å². The van der Waals surface area contributed by atoms with E-state index in [0.29, 0.717) is 0 Å². The van der Waals surface area contributed by atoms with Crippen LogP contribution in [-0.4, -0.2) is 75.4 Å². The molecule has 1 aromatic rings. The van der Waals surface area contributed by atoms with E-state index in [4.69, 9.17) is 4.74 Å². The van der Waals surface area contributed by atoms with E-state index in [1.165, 1.54) is 0 Å². The minimum atomic E-state index is 0.845. The van der Waals surface area contributed by atoms with Crippen molar-refractivity contribution in [2.45, 2.75) is 0 Å². The summed E-state index contributed by atoms with van der Waals surface area (Å²) in [6.45, 7) is 5.71. The van der Waals surface area contributed by atoms with Crippen LogP contribution in [0.1, 0.15) is 0 Å². The highest BCUT2D eigenvalue weighted by molar-refractivity contribution is 5.60. The summed E-state index contributed by atoms with van der Waals surface area (Å²) in [7, 11) is 6.05. The van der Waals surface area contributed by atoms with Gasteiger partial charge in [0, 0.05) is 59.7 Å². The molecule has 0 aromatic carbocycles. The molecule has 6 heteroatoms. The Morgan fingerprint density at radius 2 is 1.74 bits per heavy atom. The summed E-state index contributed by atoms with van der Waals surface area (Å²) >= 11 is 0. The molecule has 2 heterocycles. The summed E-state index contributed by atoms with van der Waals surface area (Å²) in [5.41, 5.74) is 0. The molecule has 0 unspecified atom stereocenters. The van der Waals surface area contributed by atoms with Crippen LogP contribution in [0.4, 0.5) is 11.6 Å². The number of ether oxygens (including phenoxy) is 1. The van der Waals surface area contributed by atoms with Gasteiger partial charge >= 0.3 is 0 Å². The lowest BCUT2D eigenvalue weighted by molar-refractivity contribution is 0.0393. The van der Waals surface area contributed by atoms with E-state index >= 15 is 0 Å². The third-order valence-corrected chi connectivity index (χ3v) is 3.30. The van der Waals surface area contributed by atoms with Crippen LogP contribution < -0.4 is 9.80 Å². The minimum Gasteiger partial charge on any atom is -0.379 e. The molecular weight excluding hydrogens is 242 g/mol. The highest BCUT2D eigenvalue weighted by Crippen LogP contribution is 2.20. The standard InChI is InChI=1S/C13H23N5O/c1-16(2)12-13(15-5-4-14-12)17(3)6-7-18-8-10-19-11-9-18/h4-5H,6-11H2,1-3H3. The first-order valence-corrected chi connectivity index (χ1v) is 6.68. The number of hydrogen-bond donors (Lipinski definition) is 0. The van der Waals surface area contributed by atoms with Gasteiger partial charge in [0.2, 0.25) is 0 Å². The molecule has 1 saturated heterocycles. The molecule has 0 amide bonds. The number of morpholine rings is 1. The third kappa shape index (κ3) is 3.78. The first-order valence-electron chi connectivity index (χ1n) is 6.68. The van der Waals surface area contributed by atoms with Gasteiger partial charge in [-0.05, 0) is 0 Å². The Morgan fingerprint density at radius 3 is 2.37 bits per heavy atom. The predicted octanol–water partition coefficient (Wildman–Crippen LogP) is 0.311. The van der Waals surface area contributed by atoms with Gasteiger partial charge in [0.15, 0.2) is 11.6 Å². The van der Waals surface area contributed by atoms with Gasteiger partial charge in [-0.2, -0.15) is 0 Å². The molecule has 0 bridgehead atoms. The summed E-state index contributed by atoms with van der Waals surface area (Å²) in [6, 6.07) is 0. The van der Waals surface area contributed by atoms with Crippen molar-refractivity contribution in [1.82, 2.24) is 14.9 Å². The molecule has 0 aliphatic carbocycles. The monoisotopic (exact) mass is 265 g/mol. The fourth-order valence-electron chi connectivity index (χ4n) is 2.13. The fraction of sp³-hybridized carbons (Fsp3) is 0.692. The zero-order chi connectivity index (χ0) is 13.7. The van der Waals surface area contributed by atoms with Gasteiger partial charge in [0.25, 0.3) is 0 Å². The van der Waals surface area contributed by atoms with Crippen molar-refractivity contribution >= 4 is 11.6 Å². The van der Waals surface area contributed by atoms with Gasteiger partial charge in [-0.3, -0.25) is 4.90 Å². The van der Waals surface area contributed by atoms with Crippen LogP contribution in [0.25, 0.3) is 0 Å². The SMILES string of the molecule is CN(C)c1nccnc1N(C)CCN1CCOCC1. The Kier molecular flexibility index (Phi) is 4.93. The van der Waals surface area contributed by atoms with Gasteiger partial charge in [-0.15, -0.1) is 0 Å². The lowest BCUT2D eigenvalue weighted by atomic mass is 10.4. The summed E-state index contributed by atoms with van der Waals surface area (Å²) < 4.78 is 5.36. The van der Waals surface area contributed by atoms with Crippen LogP contribution in [0.3, 0.4) is 0 Å². The van der Waals surface area contributed by atoms with Crippen LogP contribution in [0, 0.1) is 0 Å². The van der Waals surface area contributed by atoms with Crippen molar-refractivity contribution in [2.24, 2.45) is 0 Å². The Balaban J connectivity index is 1.93. The highest BCUT2D eigenvalue weighted by Gasteiger charge is 2.14. The first kappa shape index (κ1) is 14.0. The van der Waals surface area contributed by atoms with E-state index in [-0.39, 0.29) is 0 Å². The third-order valence-electron chi connectivity index (χ3n) is 3.30. The molecule has 0 radical (unpaired) electrons. The zero-order valence-corrected chi connectivity index (χ0v) is 12.0. The average molecular weight is 265 g/mol. The number of aromatic nitrogens is 2. The Labute approximate surface area is 115 Å². The largest absolute Gasteiger partial charge is 0.379 e. The van der Waals surface area contributed by atoms with Crippen molar-refractivity contribution in [3.63, 3.8) is 0 Å². The second kappa shape index (κ2) is 6.68. The predicted molar refractivity (Wildman–Crippen MR) is 76.9 cm³/mol. The molecule has 1 aliphatic heterocycles. The Hall–Kier alpha value is -1.40. The zero-order valence-electron chi connectivity index (χ0n) is 12.0. The summed E-state index contributed by atoms with van der Waals surface area (Å²) in [5.74, 6) is 1.84. The highest BCUT2D eigenvalue weighted by atomic mass is 16.5. The van der Waals surface area contributed by atoms with Crippen LogP contribution in [0.5, 0.6) is 0 Å². The molecule has 1 fully saturated rings. The number of rotatable bonds is 5. The molecule has 6 nitrogen and oxygen atoms in total. The quantitative estimate of drug-likeness (QED) is 0.763. The van der Waals surface area contributed by atoms with E-state index in [1.807, 2.05) is 19.0 Å². The van der Waals surface area contributed by atoms with Crippen molar-refractivity contribution in [2.75, 3.05) is 70.3 Å². The van der Waals surface area contributed by atoms with Crippen molar-refractivity contribution in [3.05, 3.63) is 12.4 Å². The molecule has 0 saturated carbocycles. The maximum absolute atomic E-state index is 5.36. The van der Waals surface area contributed by atoms with Crippen LogP contribution in [-0.2, 0) is 4.74 Å². The maximum Gasteiger partial charge on any atom is 0.171 e. The van der Waals surface area contributed by atoms with Crippen LogP contribution in [0.2, 0.25) is 0 Å². The summed E-state index contributed by atoms with van der Waals surface area (Å²) in [4.78, 5) is 15.4. The van der Waals surface area contributed by atoms with Crippen LogP contribution >= 0.6 is 0 Å². The van der Waals surface area contributed by atoms with Crippen molar-refractivity contribution in [3.8, 4) is 0 Å². The molecule has 106 valence electrons. The number of nitrogens with zero attached hydrogens (tertiary/aromatic N) is 5. The molecule has 2 rings (SSSR count). The molecule has 0 N–H and O–H groups in total. The minimum absolute atomic E-state index is 0.845. The number of hydrogen-bond acceptors (Lipinski definition) is 6. The van der Waals surface area contributed by atoms with E-state index in [0.717, 1.165) is 51.0 Å². The van der Waals surface area contributed by atoms with Gasteiger partial charge in [0.1, 0.15) is 0 Å². The lowest BCUT2D eigenvalue weighted by Crippen LogP contribution is -2.41. The van der Waals surface area contributed by atoms with E-state index < -0.39 is 0 Å². The molecule has 19 heavy (non-hydrogen) atoms. The Morgan fingerprint density at radius 1 is 1.11 bits per heavy atom. The topological polar surface area (TPSA) is 44.7 Å². The van der Waals surface area contributed by atoms with E-state index in [2.05, 4.69) is 26.8 Å². The van der Waals surface area contributed by atoms with Gasteiger partial charge in [-0.1, -0.05) is 0 Å². The van der Waals surface area contributed by atoms with E-state index in [9.17, 15) is 0 Å². The Bertz CT molecular complexity index is 392. The maximum atomic E-state index is 5.36. The summed E-state index contributed by atoms with van der Waals surface area (Å²) in [5, 5.41) is 0. The van der Waals surface area contributed by atoms with Crippen molar-refractivity contribution in [1.29, 1.82) is 0 Å². The smallest absolute Gasteiger partial charge is 0.171 e. The summed E-state index contributed by atoms with van der Waals surface area (Å²) in [6.07, 6.45) is 3.47. The second-order valence-corrected chi connectivity index (χ2v) is 4.97. The second-order valence-electron chi connectivity index (χ2n) is 4.97. The normalized spacial score (nSPS) is 16.4. The van der Waals surface area contributed by atoms with Gasteiger partial charge in [-0.25, -0.2) is 9.97 Å². The molecule has 1 aliphatic rings.